The molecule has 0 radical (unpaired) electrons. The topological polar surface area (TPSA) is 45.6 Å². The largest absolute Gasteiger partial charge is 0.357 e. The van der Waals surface area contributed by atoms with E-state index < -0.39 is 0 Å². The third-order valence-electron chi connectivity index (χ3n) is 4.30. The van der Waals surface area contributed by atoms with Crippen molar-refractivity contribution in [1.29, 1.82) is 0 Å². The fourth-order valence-corrected chi connectivity index (χ4v) is 3.90. The van der Waals surface area contributed by atoms with E-state index in [1.54, 1.807) is 11.8 Å². The molecule has 0 spiro atoms. The van der Waals surface area contributed by atoms with Crippen molar-refractivity contribution >= 4 is 28.9 Å². The number of rotatable bonds is 9. The number of hydrogen-bond acceptors (Lipinski definition) is 5. The molecule has 1 unspecified atom stereocenters. The Morgan fingerprint density at radius 3 is 2.54 bits per heavy atom. The zero-order valence-electron chi connectivity index (χ0n) is 16.2. The number of anilines is 1. The number of carbonyl (C=O) groups is 1. The summed E-state index contributed by atoms with van der Waals surface area (Å²) >= 11 is 1.68. The summed E-state index contributed by atoms with van der Waals surface area (Å²) in [6, 6.07) is 4.35. The summed E-state index contributed by atoms with van der Waals surface area (Å²) in [5, 5.41) is 1.01. The molecule has 1 aromatic rings. The van der Waals surface area contributed by atoms with E-state index in [4.69, 9.17) is 4.99 Å². The highest BCUT2D eigenvalue weighted by Crippen LogP contribution is 2.34. The molecule has 0 saturated heterocycles. The molecular formula is C21H29N3OS. The average molecular weight is 372 g/mol. The molecule has 1 aliphatic rings. The Morgan fingerprint density at radius 2 is 2.00 bits per heavy atom. The summed E-state index contributed by atoms with van der Waals surface area (Å²) in [5.41, 5.74) is 1.86. The SMILES string of the molecule is C/C=C(/C=O)C/C=C1/SC(c2ccc(N(CCC)CCC)nc2)=NC1C. The molecule has 0 saturated carbocycles. The molecule has 4 nitrogen and oxygen atoms in total. The van der Waals surface area contributed by atoms with Gasteiger partial charge in [0.15, 0.2) is 0 Å². The van der Waals surface area contributed by atoms with Crippen molar-refractivity contribution < 1.29 is 4.79 Å². The van der Waals surface area contributed by atoms with Crippen LogP contribution in [0.1, 0.15) is 52.5 Å². The van der Waals surface area contributed by atoms with E-state index in [2.05, 4.69) is 48.9 Å². The smallest absolute Gasteiger partial charge is 0.146 e. The van der Waals surface area contributed by atoms with Gasteiger partial charge in [-0.3, -0.25) is 9.79 Å². The lowest BCUT2D eigenvalue weighted by molar-refractivity contribution is -0.105. The maximum Gasteiger partial charge on any atom is 0.146 e. The van der Waals surface area contributed by atoms with Gasteiger partial charge in [0.1, 0.15) is 17.1 Å². The zero-order chi connectivity index (χ0) is 18.9. The molecule has 0 N–H and O–H groups in total. The monoisotopic (exact) mass is 371 g/mol. The van der Waals surface area contributed by atoms with Crippen LogP contribution in [0.3, 0.4) is 0 Å². The molecule has 0 amide bonds. The molecule has 1 aliphatic heterocycles. The van der Waals surface area contributed by atoms with Crippen molar-refractivity contribution in [2.75, 3.05) is 18.0 Å². The molecule has 140 valence electrons. The van der Waals surface area contributed by atoms with Crippen molar-refractivity contribution in [3.8, 4) is 0 Å². The molecule has 0 bridgehead atoms. The molecule has 2 rings (SSSR count). The normalized spacial score (nSPS) is 18.9. The fourth-order valence-electron chi connectivity index (χ4n) is 2.84. The number of aldehydes is 1. The van der Waals surface area contributed by atoms with Crippen molar-refractivity contribution in [1.82, 2.24) is 4.98 Å². The van der Waals surface area contributed by atoms with Gasteiger partial charge in [-0.1, -0.05) is 37.8 Å². The molecule has 0 aromatic carbocycles. The Morgan fingerprint density at radius 1 is 1.27 bits per heavy atom. The maximum absolute atomic E-state index is 10.9. The molecule has 2 heterocycles. The molecule has 1 aromatic heterocycles. The van der Waals surface area contributed by atoms with Crippen LogP contribution in [0.25, 0.3) is 0 Å². The van der Waals surface area contributed by atoms with Crippen LogP contribution < -0.4 is 4.90 Å². The van der Waals surface area contributed by atoms with Crippen LogP contribution >= 0.6 is 11.8 Å². The minimum absolute atomic E-state index is 0.135. The summed E-state index contributed by atoms with van der Waals surface area (Å²) in [4.78, 5) is 23.9. The van der Waals surface area contributed by atoms with Gasteiger partial charge in [0.05, 0.1) is 6.04 Å². The van der Waals surface area contributed by atoms with E-state index in [0.29, 0.717) is 6.42 Å². The number of carbonyl (C=O) groups excluding carboxylic acids is 1. The van der Waals surface area contributed by atoms with E-state index in [1.807, 2.05) is 19.2 Å². The van der Waals surface area contributed by atoms with Crippen LogP contribution in [0.2, 0.25) is 0 Å². The highest BCUT2D eigenvalue weighted by atomic mass is 32.2. The Bertz CT molecular complexity index is 686. The van der Waals surface area contributed by atoms with Gasteiger partial charge in [0.2, 0.25) is 0 Å². The van der Waals surface area contributed by atoms with E-state index in [-0.39, 0.29) is 6.04 Å². The second-order valence-electron chi connectivity index (χ2n) is 6.40. The van der Waals surface area contributed by atoms with Crippen molar-refractivity contribution in [3.63, 3.8) is 0 Å². The molecule has 0 fully saturated rings. The molecule has 5 heteroatoms. The van der Waals surface area contributed by atoms with Gasteiger partial charge < -0.3 is 4.90 Å². The van der Waals surface area contributed by atoms with Crippen LogP contribution in [0.5, 0.6) is 0 Å². The second kappa shape index (κ2) is 10.3. The Hall–Kier alpha value is -1.88. The van der Waals surface area contributed by atoms with E-state index in [1.165, 1.54) is 4.91 Å². The number of aliphatic imine (C=N–C) groups is 1. The van der Waals surface area contributed by atoms with Gasteiger partial charge in [-0.25, -0.2) is 4.98 Å². The predicted molar refractivity (Wildman–Crippen MR) is 113 cm³/mol. The highest BCUT2D eigenvalue weighted by Gasteiger charge is 2.21. The minimum atomic E-state index is 0.135. The number of aromatic nitrogens is 1. The average Bonchev–Trinajstić information content (AvgIpc) is 3.03. The van der Waals surface area contributed by atoms with Crippen LogP contribution in [0, 0.1) is 0 Å². The summed E-state index contributed by atoms with van der Waals surface area (Å²) < 4.78 is 0. The van der Waals surface area contributed by atoms with Gasteiger partial charge in [-0.2, -0.15) is 0 Å². The number of allylic oxidation sites excluding steroid dienone is 3. The summed E-state index contributed by atoms with van der Waals surface area (Å²) in [5.74, 6) is 1.04. The van der Waals surface area contributed by atoms with Crippen molar-refractivity contribution in [3.05, 3.63) is 46.5 Å². The van der Waals surface area contributed by atoms with Gasteiger partial charge in [-0.15, -0.1) is 0 Å². The number of pyridine rings is 1. The Kier molecular flexibility index (Phi) is 8.10. The number of nitrogens with zero attached hydrogens (tertiary/aromatic N) is 3. The van der Waals surface area contributed by atoms with Crippen LogP contribution in [0.4, 0.5) is 5.82 Å². The highest BCUT2D eigenvalue weighted by molar-refractivity contribution is 8.18. The minimum Gasteiger partial charge on any atom is -0.357 e. The lowest BCUT2D eigenvalue weighted by Gasteiger charge is -2.22. The molecule has 26 heavy (non-hydrogen) atoms. The molecular weight excluding hydrogens is 342 g/mol. The standard InChI is InChI=1S/C21H29N3OS/c1-5-12-24(13-6-2)20-11-9-18(14-22-20)21-23-16(4)19(26-21)10-8-17(7-3)15-25/h7,9-11,14-16H,5-6,8,12-13H2,1-4H3/b17-7+,19-10+. The first-order valence-corrected chi connectivity index (χ1v) is 10.2. The summed E-state index contributed by atoms with van der Waals surface area (Å²) in [7, 11) is 0. The third-order valence-corrected chi connectivity index (χ3v) is 5.58. The fraction of sp³-hybridized carbons (Fsp3) is 0.476. The number of hydrogen-bond donors (Lipinski definition) is 0. The van der Waals surface area contributed by atoms with Crippen LogP contribution in [0.15, 0.2) is 46.0 Å². The Balaban J connectivity index is 2.08. The van der Waals surface area contributed by atoms with Crippen LogP contribution in [-0.4, -0.2) is 35.4 Å². The van der Waals surface area contributed by atoms with E-state index in [9.17, 15) is 4.79 Å². The van der Waals surface area contributed by atoms with E-state index in [0.717, 1.165) is 54.2 Å². The maximum atomic E-state index is 10.9. The van der Waals surface area contributed by atoms with Crippen molar-refractivity contribution in [2.45, 2.75) is 53.0 Å². The third kappa shape index (κ3) is 5.31. The first kappa shape index (κ1) is 20.4. The van der Waals surface area contributed by atoms with Crippen molar-refractivity contribution in [2.24, 2.45) is 4.99 Å². The quantitative estimate of drug-likeness (QED) is 0.452. The zero-order valence-corrected chi connectivity index (χ0v) is 17.1. The van der Waals surface area contributed by atoms with Gasteiger partial charge in [-0.05, 0) is 50.8 Å². The first-order valence-electron chi connectivity index (χ1n) is 9.40. The predicted octanol–water partition coefficient (Wildman–Crippen LogP) is 5.01. The Labute approximate surface area is 161 Å². The lowest BCUT2D eigenvalue weighted by atomic mass is 10.1. The van der Waals surface area contributed by atoms with Gasteiger partial charge >= 0.3 is 0 Å². The molecule has 1 atom stereocenters. The van der Waals surface area contributed by atoms with E-state index >= 15 is 0 Å². The molecule has 0 aliphatic carbocycles. The van der Waals surface area contributed by atoms with Gasteiger partial charge in [0.25, 0.3) is 0 Å². The lowest BCUT2D eigenvalue weighted by Crippen LogP contribution is -2.25. The van der Waals surface area contributed by atoms with Gasteiger partial charge in [0, 0.05) is 29.8 Å². The first-order chi connectivity index (χ1) is 12.6. The summed E-state index contributed by atoms with van der Waals surface area (Å²) in [6.45, 7) is 10.4. The number of thioether (sulfide) groups is 1. The second-order valence-corrected chi connectivity index (χ2v) is 7.46. The van der Waals surface area contributed by atoms with Crippen LogP contribution in [-0.2, 0) is 4.79 Å². The summed E-state index contributed by atoms with van der Waals surface area (Å²) in [6.07, 6.45) is 9.72.